The van der Waals surface area contributed by atoms with Crippen LogP contribution in [0.15, 0.2) is 51.9 Å². The molecule has 0 amide bonds. The third-order valence-corrected chi connectivity index (χ3v) is 5.45. The Balaban J connectivity index is 1.91. The highest BCUT2D eigenvalue weighted by Crippen LogP contribution is 2.38. The summed E-state index contributed by atoms with van der Waals surface area (Å²) in [5, 5.41) is 0.156. The van der Waals surface area contributed by atoms with Gasteiger partial charge in [-0.3, -0.25) is 4.72 Å². The van der Waals surface area contributed by atoms with E-state index in [0.29, 0.717) is 17.4 Å². The summed E-state index contributed by atoms with van der Waals surface area (Å²) in [6, 6.07) is 9.26. The minimum atomic E-state index is -3.88. The van der Waals surface area contributed by atoms with Crippen molar-refractivity contribution in [1.29, 1.82) is 0 Å². The van der Waals surface area contributed by atoms with Crippen molar-refractivity contribution in [1.82, 2.24) is 4.98 Å². The number of halogens is 1. The van der Waals surface area contributed by atoms with Crippen molar-refractivity contribution in [3.63, 3.8) is 0 Å². The second-order valence-corrected chi connectivity index (χ2v) is 7.65. The van der Waals surface area contributed by atoms with Gasteiger partial charge >= 0.3 is 0 Å². The van der Waals surface area contributed by atoms with E-state index in [0.717, 1.165) is 5.56 Å². The fraction of sp³-hybridized carbons (Fsp3) is 0.167. The van der Waals surface area contributed by atoms with Crippen LogP contribution < -0.4 is 14.2 Å². The molecule has 0 spiro atoms. The minimum Gasteiger partial charge on any atom is -0.497 e. The van der Waals surface area contributed by atoms with Crippen LogP contribution in [0.4, 0.5) is 5.69 Å². The number of sulfonamides is 1. The molecule has 3 aromatic rings. The predicted octanol–water partition coefficient (Wildman–Crippen LogP) is 4.12. The number of oxazole rings is 1. The van der Waals surface area contributed by atoms with Gasteiger partial charge in [0.05, 0.1) is 30.3 Å². The van der Waals surface area contributed by atoms with Gasteiger partial charge in [-0.05, 0) is 24.3 Å². The summed E-state index contributed by atoms with van der Waals surface area (Å²) < 4.78 is 43.7. The van der Waals surface area contributed by atoms with Gasteiger partial charge < -0.3 is 13.9 Å². The van der Waals surface area contributed by atoms with E-state index in [4.69, 9.17) is 25.5 Å². The number of nitrogens with one attached hydrogen (secondary N) is 1. The number of nitrogens with zero attached hydrogens (tertiary/aromatic N) is 1. The number of hydrogen-bond acceptors (Lipinski definition) is 6. The predicted molar refractivity (Wildman–Crippen MR) is 102 cm³/mol. The Morgan fingerprint density at radius 2 is 1.81 bits per heavy atom. The second-order valence-electron chi connectivity index (χ2n) is 5.56. The number of anilines is 1. The molecule has 7 nitrogen and oxygen atoms in total. The summed E-state index contributed by atoms with van der Waals surface area (Å²) in [6.07, 6.45) is 1.58. The minimum absolute atomic E-state index is 0.0661. The summed E-state index contributed by atoms with van der Waals surface area (Å²) in [5.74, 6) is 1.79. The lowest BCUT2D eigenvalue weighted by Crippen LogP contribution is -2.14. The van der Waals surface area contributed by atoms with Crippen LogP contribution in [0.1, 0.15) is 5.89 Å². The lowest BCUT2D eigenvalue weighted by atomic mass is 10.2. The second kappa shape index (κ2) is 7.50. The maximum atomic E-state index is 12.7. The molecule has 0 saturated heterocycles. The van der Waals surface area contributed by atoms with E-state index >= 15 is 0 Å². The summed E-state index contributed by atoms with van der Waals surface area (Å²) in [4.78, 5) is 4.09. The number of aromatic nitrogens is 1. The van der Waals surface area contributed by atoms with Gasteiger partial charge in [0.15, 0.2) is 11.7 Å². The Labute approximate surface area is 161 Å². The molecule has 1 aromatic heterocycles. The van der Waals surface area contributed by atoms with Crippen LogP contribution in [0.25, 0.3) is 11.3 Å². The zero-order chi connectivity index (χ0) is 19.6. The van der Waals surface area contributed by atoms with Gasteiger partial charge in [-0.15, -0.1) is 0 Å². The van der Waals surface area contributed by atoms with Crippen molar-refractivity contribution in [2.45, 2.75) is 11.8 Å². The number of benzene rings is 2. The Morgan fingerprint density at radius 1 is 1.11 bits per heavy atom. The summed E-state index contributed by atoms with van der Waals surface area (Å²) in [5.41, 5.74) is 0.851. The number of ether oxygens (including phenoxy) is 2. The number of aryl methyl sites for hydroxylation is 1. The fourth-order valence-electron chi connectivity index (χ4n) is 2.42. The quantitative estimate of drug-likeness (QED) is 0.659. The topological polar surface area (TPSA) is 90.7 Å². The average molecular weight is 409 g/mol. The Hall–Kier alpha value is -2.71. The highest BCUT2D eigenvalue weighted by atomic mass is 35.5. The first kappa shape index (κ1) is 19.1. The monoisotopic (exact) mass is 408 g/mol. The van der Waals surface area contributed by atoms with Gasteiger partial charge in [0.1, 0.15) is 17.2 Å². The zero-order valence-corrected chi connectivity index (χ0v) is 16.4. The molecule has 0 bridgehead atoms. The Kier molecular flexibility index (Phi) is 5.29. The number of methoxy groups -OCH3 is 2. The van der Waals surface area contributed by atoms with Crippen LogP contribution in [-0.4, -0.2) is 27.6 Å². The summed E-state index contributed by atoms with van der Waals surface area (Å²) >= 11 is 6.19. The van der Waals surface area contributed by atoms with Gasteiger partial charge in [-0.2, -0.15) is 0 Å². The first-order valence-corrected chi connectivity index (χ1v) is 9.67. The Bertz CT molecular complexity index is 1060. The molecule has 0 atom stereocenters. The van der Waals surface area contributed by atoms with Crippen LogP contribution in [0.3, 0.4) is 0 Å². The van der Waals surface area contributed by atoms with E-state index in [1.165, 1.54) is 32.4 Å². The zero-order valence-electron chi connectivity index (χ0n) is 14.8. The molecule has 0 aliphatic heterocycles. The maximum Gasteiger partial charge on any atom is 0.262 e. The fourth-order valence-corrected chi connectivity index (χ4v) is 3.82. The molecule has 3 rings (SSSR count). The smallest absolute Gasteiger partial charge is 0.262 e. The molecule has 0 saturated carbocycles. The Morgan fingerprint density at radius 3 is 2.37 bits per heavy atom. The molecule has 9 heteroatoms. The third kappa shape index (κ3) is 4.01. The number of hydrogen-bond donors (Lipinski definition) is 1. The van der Waals surface area contributed by atoms with Crippen molar-refractivity contribution >= 4 is 27.3 Å². The largest absolute Gasteiger partial charge is 0.497 e. The van der Waals surface area contributed by atoms with E-state index in [1.807, 2.05) is 0 Å². The SMILES string of the molecule is COc1cc(Cl)c(NS(=O)(=O)c2ccc(-c3cnc(C)o3)cc2)c(OC)c1. The number of rotatable bonds is 6. The average Bonchev–Trinajstić information content (AvgIpc) is 3.09. The standard InChI is InChI=1S/C18H17ClN2O5S/c1-11-20-10-17(26-11)12-4-6-14(7-5-12)27(22,23)21-18-15(19)8-13(24-2)9-16(18)25-3/h4-10,21H,1-3H3. The van der Waals surface area contributed by atoms with Crippen LogP contribution in [0.2, 0.25) is 5.02 Å². The van der Waals surface area contributed by atoms with E-state index in [2.05, 4.69) is 9.71 Å². The van der Waals surface area contributed by atoms with Gasteiger partial charge in [0.25, 0.3) is 10.0 Å². The third-order valence-electron chi connectivity index (χ3n) is 3.79. The van der Waals surface area contributed by atoms with Crippen LogP contribution in [0, 0.1) is 6.92 Å². The van der Waals surface area contributed by atoms with Crippen molar-refractivity contribution < 1.29 is 22.3 Å². The van der Waals surface area contributed by atoms with Crippen molar-refractivity contribution in [2.24, 2.45) is 0 Å². The molecule has 142 valence electrons. The van der Waals surface area contributed by atoms with Gasteiger partial charge in [0.2, 0.25) is 0 Å². The molecule has 2 aromatic carbocycles. The lowest BCUT2D eigenvalue weighted by molar-refractivity contribution is 0.395. The van der Waals surface area contributed by atoms with Gasteiger partial charge in [0, 0.05) is 24.6 Å². The summed E-state index contributed by atoms with van der Waals surface area (Å²) in [6.45, 7) is 1.73. The van der Waals surface area contributed by atoms with E-state index in [9.17, 15) is 8.42 Å². The molecular weight excluding hydrogens is 392 g/mol. The van der Waals surface area contributed by atoms with Crippen LogP contribution >= 0.6 is 11.6 Å². The highest BCUT2D eigenvalue weighted by molar-refractivity contribution is 7.92. The molecule has 1 heterocycles. The molecule has 0 unspecified atom stereocenters. The first-order chi connectivity index (χ1) is 12.8. The lowest BCUT2D eigenvalue weighted by Gasteiger charge is -2.15. The van der Waals surface area contributed by atoms with E-state index < -0.39 is 10.0 Å². The molecule has 0 fully saturated rings. The van der Waals surface area contributed by atoms with Crippen molar-refractivity contribution in [3.05, 3.63) is 53.5 Å². The van der Waals surface area contributed by atoms with Crippen LogP contribution in [0.5, 0.6) is 11.5 Å². The normalized spacial score (nSPS) is 11.3. The highest BCUT2D eigenvalue weighted by Gasteiger charge is 2.20. The van der Waals surface area contributed by atoms with Gasteiger partial charge in [-0.25, -0.2) is 13.4 Å². The van der Waals surface area contributed by atoms with E-state index in [1.54, 1.807) is 31.3 Å². The van der Waals surface area contributed by atoms with Crippen LogP contribution in [-0.2, 0) is 10.0 Å². The molecule has 0 aliphatic rings. The summed E-state index contributed by atoms with van der Waals surface area (Å²) in [7, 11) is -0.991. The van der Waals surface area contributed by atoms with Gasteiger partial charge in [-0.1, -0.05) is 11.6 Å². The molecular formula is C18H17ClN2O5S. The van der Waals surface area contributed by atoms with E-state index in [-0.39, 0.29) is 21.4 Å². The molecule has 0 radical (unpaired) electrons. The van der Waals surface area contributed by atoms with Crippen molar-refractivity contribution in [3.8, 4) is 22.8 Å². The molecule has 0 aliphatic carbocycles. The molecule has 27 heavy (non-hydrogen) atoms. The van der Waals surface area contributed by atoms with Crippen molar-refractivity contribution in [2.75, 3.05) is 18.9 Å². The first-order valence-electron chi connectivity index (χ1n) is 7.81. The maximum absolute atomic E-state index is 12.7. The molecule has 1 N–H and O–H groups in total.